The molecule has 0 atom stereocenters. The van der Waals surface area contributed by atoms with Gasteiger partial charge in [-0.25, -0.2) is 19.2 Å². The van der Waals surface area contributed by atoms with Crippen LogP contribution >= 0.6 is 0 Å². The van der Waals surface area contributed by atoms with E-state index in [-0.39, 0.29) is 23.9 Å². The normalized spacial score (nSPS) is 18.7. The van der Waals surface area contributed by atoms with Crippen LogP contribution in [-0.2, 0) is 25.7 Å². The summed E-state index contributed by atoms with van der Waals surface area (Å²) in [5.41, 5.74) is 1.15. The molecule has 0 aliphatic carbocycles. The predicted molar refractivity (Wildman–Crippen MR) is 139 cm³/mol. The van der Waals surface area contributed by atoms with Crippen molar-refractivity contribution in [2.75, 3.05) is 31.6 Å². The van der Waals surface area contributed by atoms with Crippen molar-refractivity contribution in [1.29, 1.82) is 0 Å². The van der Waals surface area contributed by atoms with Crippen molar-refractivity contribution < 1.29 is 42.9 Å². The first-order chi connectivity index (χ1) is 19.4. The summed E-state index contributed by atoms with van der Waals surface area (Å²) in [7, 11) is 0. The van der Waals surface area contributed by atoms with Gasteiger partial charge in [-0.3, -0.25) is 4.90 Å². The number of esters is 4. The van der Waals surface area contributed by atoms with Gasteiger partial charge < -0.3 is 29.0 Å². The quantitative estimate of drug-likeness (QED) is 0.382. The Morgan fingerprint density at radius 2 is 1.45 bits per heavy atom. The Morgan fingerprint density at radius 1 is 0.800 bits per heavy atom. The number of carbonyl (C=O) groups is 4. The van der Waals surface area contributed by atoms with Crippen molar-refractivity contribution in [3.63, 3.8) is 0 Å². The zero-order chi connectivity index (χ0) is 27.9. The molecule has 1 aromatic heterocycles. The Balaban J connectivity index is 1.28. The van der Waals surface area contributed by atoms with Crippen LogP contribution in [0.1, 0.15) is 31.2 Å². The van der Waals surface area contributed by atoms with Crippen molar-refractivity contribution in [3.05, 3.63) is 54.1 Å². The molecule has 1 saturated heterocycles. The van der Waals surface area contributed by atoms with Gasteiger partial charge in [0, 0.05) is 37.4 Å². The van der Waals surface area contributed by atoms with Crippen molar-refractivity contribution in [2.24, 2.45) is 0 Å². The number of hydrogen-bond acceptors (Lipinski definition) is 12. The molecule has 1 fully saturated rings. The fourth-order valence-corrected chi connectivity index (χ4v) is 4.38. The third kappa shape index (κ3) is 6.83. The maximum absolute atomic E-state index is 12.3. The minimum atomic E-state index is -0.950. The largest absolute Gasteiger partial charge is 0.494 e. The van der Waals surface area contributed by atoms with E-state index >= 15 is 0 Å². The zero-order valence-corrected chi connectivity index (χ0v) is 21.6. The van der Waals surface area contributed by atoms with Gasteiger partial charge in [0.05, 0.1) is 6.61 Å². The van der Waals surface area contributed by atoms with Crippen molar-refractivity contribution in [3.8, 4) is 29.0 Å². The third-order valence-corrected chi connectivity index (χ3v) is 6.20. The number of pyridine rings is 1. The Hall–Kier alpha value is -4.71. The molecule has 5 rings (SSSR count). The first-order valence-electron chi connectivity index (χ1n) is 12.9. The standard InChI is InChI=1S/C28H27N3O9/c32-20-8-10-22(34)39-27-24(25(37-20)26-28(30-27)40-23(35)11-9-21(33)38-26)29-12-5-15-36-19-7-4-6-18(16-19)17-31-13-2-1-3-14-31/h4,6-11,16,29H,1-3,5,12-15,17H2/b10-8-,11-9-. The molecule has 40 heavy (non-hydrogen) atoms. The summed E-state index contributed by atoms with van der Waals surface area (Å²) in [6.07, 6.45) is 7.64. The van der Waals surface area contributed by atoms with E-state index in [1.165, 1.54) is 24.8 Å². The molecule has 2 aromatic rings. The van der Waals surface area contributed by atoms with Gasteiger partial charge in [0.1, 0.15) is 11.4 Å². The SMILES string of the molecule is O=C1/C=C\C(=O)Oc2c(NCCCOc3cccc(CN4CCCCC4)c3)c(nc3c2OC(=O)/C=C\C(=O)O3)O1. The Labute approximate surface area is 229 Å². The lowest BCUT2D eigenvalue weighted by molar-refractivity contribution is -0.134. The zero-order valence-electron chi connectivity index (χ0n) is 21.6. The molecule has 208 valence electrons. The molecular weight excluding hydrogens is 522 g/mol. The Morgan fingerprint density at radius 3 is 2.17 bits per heavy atom. The van der Waals surface area contributed by atoms with Gasteiger partial charge in [-0.05, 0) is 50.0 Å². The Kier molecular flexibility index (Phi) is 8.35. The number of piperidine rings is 1. The average Bonchev–Trinajstić information content (AvgIpc) is 2.97. The number of nitrogens with zero attached hydrogens (tertiary/aromatic N) is 2. The molecule has 2 bridgehead atoms. The second-order valence-corrected chi connectivity index (χ2v) is 9.22. The monoisotopic (exact) mass is 549 g/mol. The maximum Gasteiger partial charge on any atom is 0.337 e. The fourth-order valence-electron chi connectivity index (χ4n) is 4.38. The number of carbonyl (C=O) groups excluding carboxylic acids is 4. The highest BCUT2D eigenvalue weighted by Crippen LogP contribution is 2.47. The topological polar surface area (TPSA) is 143 Å². The fraction of sp³-hybridized carbons (Fsp3) is 0.321. The van der Waals surface area contributed by atoms with Gasteiger partial charge in [-0.1, -0.05) is 18.6 Å². The summed E-state index contributed by atoms with van der Waals surface area (Å²) in [6, 6.07) is 7.98. The van der Waals surface area contributed by atoms with E-state index in [1.807, 2.05) is 18.2 Å². The number of likely N-dealkylation sites (tertiary alicyclic amines) is 1. The first-order valence-corrected chi connectivity index (χ1v) is 12.9. The van der Waals surface area contributed by atoms with Gasteiger partial charge in [0.2, 0.25) is 11.5 Å². The molecule has 12 nitrogen and oxygen atoms in total. The molecule has 1 N–H and O–H groups in total. The molecule has 3 aliphatic heterocycles. The van der Waals surface area contributed by atoms with Crippen LogP contribution in [0.2, 0.25) is 0 Å². The van der Waals surface area contributed by atoms with Gasteiger partial charge in [0.25, 0.3) is 11.8 Å². The summed E-state index contributed by atoms with van der Waals surface area (Å²) in [4.78, 5) is 55.1. The Bertz CT molecular complexity index is 1380. The molecule has 0 saturated carbocycles. The lowest BCUT2D eigenvalue weighted by Crippen LogP contribution is -2.29. The number of aromatic nitrogens is 1. The third-order valence-electron chi connectivity index (χ3n) is 6.20. The van der Waals surface area contributed by atoms with Gasteiger partial charge in [-0.15, -0.1) is 0 Å². The first kappa shape index (κ1) is 26.9. The molecule has 12 heteroatoms. The van der Waals surface area contributed by atoms with Crippen LogP contribution in [0.4, 0.5) is 5.69 Å². The lowest BCUT2D eigenvalue weighted by atomic mass is 10.1. The van der Waals surface area contributed by atoms with E-state index in [4.69, 9.17) is 23.7 Å². The molecule has 0 unspecified atom stereocenters. The minimum Gasteiger partial charge on any atom is -0.494 e. The summed E-state index contributed by atoms with van der Waals surface area (Å²) in [6.45, 7) is 3.72. The molecule has 1 aromatic carbocycles. The van der Waals surface area contributed by atoms with Crippen molar-refractivity contribution in [2.45, 2.75) is 32.2 Å². The summed E-state index contributed by atoms with van der Waals surface area (Å²) in [5.74, 6) is -4.55. The molecule has 3 aliphatic rings. The van der Waals surface area contributed by atoms with E-state index < -0.39 is 35.5 Å². The van der Waals surface area contributed by atoms with Crippen LogP contribution in [0.5, 0.6) is 29.0 Å². The van der Waals surface area contributed by atoms with Crippen molar-refractivity contribution >= 4 is 29.6 Å². The number of fused-ring (bicyclic) bond motifs is 4. The smallest absolute Gasteiger partial charge is 0.337 e. The van der Waals surface area contributed by atoms with Crippen molar-refractivity contribution in [1.82, 2.24) is 9.88 Å². The second-order valence-electron chi connectivity index (χ2n) is 9.22. The molecule has 0 radical (unpaired) electrons. The number of ether oxygens (including phenoxy) is 5. The van der Waals surface area contributed by atoms with Crippen LogP contribution in [-0.4, -0.2) is 60.0 Å². The molecule has 4 heterocycles. The van der Waals surface area contributed by atoms with E-state index in [0.717, 1.165) is 49.7 Å². The number of nitrogens with one attached hydrogen (secondary N) is 1. The number of benzene rings is 1. The van der Waals surface area contributed by atoms with Gasteiger partial charge in [0.15, 0.2) is 0 Å². The molecule has 0 spiro atoms. The van der Waals surface area contributed by atoms with E-state index in [0.29, 0.717) is 13.0 Å². The average molecular weight is 550 g/mol. The van der Waals surface area contributed by atoms with Crippen LogP contribution in [0.3, 0.4) is 0 Å². The molecular formula is C28H27N3O9. The number of hydrogen-bond donors (Lipinski definition) is 1. The minimum absolute atomic E-state index is 0.0407. The number of anilines is 1. The number of rotatable bonds is 8. The van der Waals surface area contributed by atoms with Gasteiger partial charge in [-0.2, -0.15) is 4.98 Å². The highest BCUT2D eigenvalue weighted by molar-refractivity contribution is 5.98. The van der Waals surface area contributed by atoms with E-state index in [1.54, 1.807) is 0 Å². The highest BCUT2D eigenvalue weighted by atomic mass is 16.6. The van der Waals surface area contributed by atoms with E-state index in [9.17, 15) is 19.2 Å². The van der Waals surface area contributed by atoms with Crippen LogP contribution < -0.4 is 29.0 Å². The summed E-state index contributed by atoms with van der Waals surface area (Å²) >= 11 is 0. The van der Waals surface area contributed by atoms with Crippen LogP contribution in [0, 0.1) is 0 Å². The molecule has 0 amide bonds. The van der Waals surface area contributed by atoms with Crippen LogP contribution in [0.25, 0.3) is 0 Å². The van der Waals surface area contributed by atoms with E-state index in [2.05, 4.69) is 21.3 Å². The second kappa shape index (κ2) is 12.4. The van der Waals surface area contributed by atoms with Gasteiger partial charge >= 0.3 is 23.9 Å². The summed E-state index contributed by atoms with van der Waals surface area (Å²) in [5, 5.41) is 3.00. The maximum atomic E-state index is 12.3. The predicted octanol–water partition coefficient (Wildman–Crippen LogP) is 2.71. The van der Waals surface area contributed by atoms with Crippen LogP contribution in [0.15, 0.2) is 48.6 Å². The highest BCUT2D eigenvalue weighted by Gasteiger charge is 2.31. The lowest BCUT2D eigenvalue weighted by Gasteiger charge is -2.26. The summed E-state index contributed by atoms with van der Waals surface area (Å²) < 4.78 is 26.8.